The number of halogens is 1. The molecule has 1 fully saturated rings. The van der Waals surface area contributed by atoms with Gasteiger partial charge < -0.3 is 35.0 Å². The van der Waals surface area contributed by atoms with E-state index in [4.69, 9.17) is 9.47 Å². The number of aliphatic hydroxyl groups excluding tert-OH is 4. The van der Waals surface area contributed by atoms with Gasteiger partial charge in [0.1, 0.15) is 29.7 Å². The molecule has 1 aromatic rings. The topological polar surface area (TPSA) is 183 Å². The van der Waals surface area contributed by atoms with Crippen molar-refractivity contribution in [1.82, 2.24) is 0 Å². The molecular weight excluding hydrogens is 514 g/mol. The van der Waals surface area contributed by atoms with Crippen molar-refractivity contribution in [2.75, 3.05) is 17.9 Å². The van der Waals surface area contributed by atoms with Gasteiger partial charge in [-0.15, -0.1) is 0 Å². The SMILES string of the molecule is O=C(O)C1=CC2(CCC1S(=O)(=O)Nc1ccccc1Br)OC(C(O)CO)C(C(O)CO)O2. The molecule has 178 valence electrons. The van der Waals surface area contributed by atoms with E-state index in [1.54, 1.807) is 18.2 Å². The Morgan fingerprint density at radius 3 is 2.22 bits per heavy atom. The van der Waals surface area contributed by atoms with Crippen LogP contribution in [0, 0.1) is 0 Å². The van der Waals surface area contributed by atoms with Crippen LogP contribution in [0.15, 0.2) is 40.4 Å². The van der Waals surface area contributed by atoms with Crippen LogP contribution in [0.5, 0.6) is 0 Å². The molecule has 1 spiro atoms. The minimum atomic E-state index is -4.19. The minimum Gasteiger partial charge on any atom is -0.478 e. The molecule has 5 atom stereocenters. The Morgan fingerprint density at radius 2 is 1.72 bits per heavy atom. The molecule has 0 aromatic heterocycles. The third-order valence-electron chi connectivity index (χ3n) is 5.35. The number of carbonyl (C=O) groups is 1. The summed E-state index contributed by atoms with van der Waals surface area (Å²) in [5.41, 5.74) is -0.268. The number of hydrogen-bond acceptors (Lipinski definition) is 9. The van der Waals surface area contributed by atoms with Crippen molar-refractivity contribution < 1.29 is 48.2 Å². The van der Waals surface area contributed by atoms with Crippen LogP contribution in [0.4, 0.5) is 5.69 Å². The van der Waals surface area contributed by atoms with Crippen LogP contribution < -0.4 is 4.72 Å². The Kier molecular flexibility index (Phi) is 7.62. The van der Waals surface area contributed by atoms with E-state index in [0.29, 0.717) is 4.47 Å². The molecule has 0 bridgehead atoms. The summed E-state index contributed by atoms with van der Waals surface area (Å²) in [6, 6.07) is 6.45. The van der Waals surface area contributed by atoms with E-state index in [1.807, 2.05) is 0 Å². The van der Waals surface area contributed by atoms with Gasteiger partial charge in [-0.25, -0.2) is 13.2 Å². The zero-order chi connectivity index (χ0) is 23.7. The van der Waals surface area contributed by atoms with Crippen LogP contribution in [0.2, 0.25) is 0 Å². The molecule has 0 radical (unpaired) electrons. The van der Waals surface area contributed by atoms with Gasteiger partial charge in [0.25, 0.3) is 0 Å². The molecule has 11 nitrogen and oxygen atoms in total. The van der Waals surface area contributed by atoms with E-state index >= 15 is 0 Å². The standard InChI is InChI=1S/C19H24BrNO10S/c20-11-3-1-2-4-12(11)21-32(28,29)15-5-6-19(7-10(15)18(26)27)30-16(13(24)8-22)17(31-19)14(25)9-23/h1-4,7,13-17,21-25H,5-6,8-9H2,(H,26,27). The van der Waals surface area contributed by atoms with E-state index in [0.717, 1.165) is 6.08 Å². The molecule has 1 aliphatic heterocycles. The van der Waals surface area contributed by atoms with Gasteiger partial charge in [0.05, 0.1) is 24.5 Å². The average molecular weight is 538 g/mol. The van der Waals surface area contributed by atoms with Crippen LogP contribution in [0.3, 0.4) is 0 Å². The monoisotopic (exact) mass is 537 g/mol. The van der Waals surface area contributed by atoms with Crippen molar-refractivity contribution in [1.29, 1.82) is 0 Å². The number of carboxylic acids is 1. The zero-order valence-electron chi connectivity index (χ0n) is 16.7. The maximum atomic E-state index is 13.0. The van der Waals surface area contributed by atoms with Crippen molar-refractivity contribution in [2.24, 2.45) is 0 Å². The third-order valence-corrected chi connectivity index (χ3v) is 7.79. The molecule has 1 aliphatic carbocycles. The normalized spacial score (nSPS) is 30.0. The highest BCUT2D eigenvalue weighted by Crippen LogP contribution is 2.42. The predicted molar refractivity (Wildman–Crippen MR) is 114 cm³/mol. The van der Waals surface area contributed by atoms with Crippen LogP contribution in [0.25, 0.3) is 0 Å². The third kappa shape index (κ3) is 4.99. The van der Waals surface area contributed by atoms with Gasteiger partial charge in [-0.05, 0) is 40.6 Å². The molecule has 1 heterocycles. The second-order valence-corrected chi connectivity index (χ2v) is 10.3. The first-order valence-corrected chi connectivity index (χ1v) is 12.0. The Hall–Kier alpha value is -1.58. The minimum absolute atomic E-state index is 0.116. The first-order chi connectivity index (χ1) is 15.0. The Bertz CT molecular complexity index is 966. The van der Waals surface area contributed by atoms with Crippen molar-refractivity contribution in [2.45, 2.75) is 48.3 Å². The zero-order valence-corrected chi connectivity index (χ0v) is 19.1. The van der Waals surface area contributed by atoms with Crippen molar-refractivity contribution >= 4 is 37.6 Å². The second kappa shape index (κ2) is 9.73. The number of rotatable bonds is 8. The lowest BCUT2D eigenvalue weighted by Crippen LogP contribution is -2.45. The average Bonchev–Trinajstić information content (AvgIpc) is 3.12. The quantitative estimate of drug-likeness (QED) is 0.254. The number of aliphatic hydroxyl groups is 4. The summed E-state index contributed by atoms with van der Waals surface area (Å²) in [7, 11) is -4.19. The number of hydrogen-bond donors (Lipinski definition) is 6. The lowest BCUT2D eigenvalue weighted by molar-refractivity contribution is -0.163. The van der Waals surface area contributed by atoms with Gasteiger partial charge in [0, 0.05) is 10.9 Å². The molecule has 1 saturated heterocycles. The summed E-state index contributed by atoms with van der Waals surface area (Å²) < 4.78 is 40.2. The summed E-state index contributed by atoms with van der Waals surface area (Å²) in [4.78, 5) is 12.0. The first kappa shape index (κ1) is 25.1. The number of nitrogens with one attached hydrogen (secondary N) is 1. The summed E-state index contributed by atoms with van der Waals surface area (Å²) in [6.45, 7) is -1.47. The van der Waals surface area contributed by atoms with E-state index in [1.165, 1.54) is 6.07 Å². The molecule has 13 heteroatoms. The van der Waals surface area contributed by atoms with E-state index in [-0.39, 0.29) is 18.5 Å². The molecule has 3 rings (SSSR count). The highest BCUT2D eigenvalue weighted by Gasteiger charge is 2.54. The maximum absolute atomic E-state index is 13.0. The lowest BCUT2D eigenvalue weighted by atomic mass is 9.94. The molecule has 1 aromatic carbocycles. The fraction of sp³-hybridized carbons (Fsp3) is 0.526. The maximum Gasteiger partial charge on any atom is 0.332 e. The van der Waals surface area contributed by atoms with Gasteiger partial charge in [-0.1, -0.05) is 12.1 Å². The van der Waals surface area contributed by atoms with E-state index in [9.17, 15) is 38.7 Å². The van der Waals surface area contributed by atoms with Gasteiger partial charge >= 0.3 is 5.97 Å². The molecule has 0 amide bonds. The number of carboxylic acid groups (broad SMARTS) is 1. The highest BCUT2D eigenvalue weighted by molar-refractivity contribution is 9.10. The second-order valence-electron chi connectivity index (χ2n) is 7.54. The number of para-hydroxylation sites is 1. The largest absolute Gasteiger partial charge is 0.478 e. The van der Waals surface area contributed by atoms with Gasteiger partial charge in [-0.2, -0.15) is 0 Å². The van der Waals surface area contributed by atoms with Crippen LogP contribution in [0.1, 0.15) is 12.8 Å². The van der Waals surface area contributed by atoms with Gasteiger partial charge in [0.2, 0.25) is 10.0 Å². The summed E-state index contributed by atoms with van der Waals surface area (Å²) >= 11 is 3.23. The first-order valence-electron chi connectivity index (χ1n) is 9.69. The van der Waals surface area contributed by atoms with Crippen molar-refractivity contribution in [3.8, 4) is 0 Å². The van der Waals surface area contributed by atoms with E-state index < -0.39 is 70.2 Å². The lowest BCUT2D eigenvalue weighted by Gasteiger charge is -2.33. The van der Waals surface area contributed by atoms with Gasteiger partial charge in [-0.3, -0.25) is 4.72 Å². The van der Waals surface area contributed by atoms with E-state index in [2.05, 4.69) is 20.7 Å². The molecule has 32 heavy (non-hydrogen) atoms. The fourth-order valence-electron chi connectivity index (χ4n) is 3.79. The number of anilines is 1. The predicted octanol–water partition coefficient (Wildman–Crippen LogP) is -0.449. The number of benzene rings is 1. The number of ether oxygens (including phenoxy) is 2. The van der Waals surface area contributed by atoms with Crippen molar-refractivity contribution in [3.05, 3.63) is 40.4 Å². The van der Waals surface area contributed by atoms with Crippen LogP contribution in [-0.4, -0.2) is 88.6 Å². The van der Waals surface area contributed by atoms with Gasteiger partial charge in [0.15, 0.2) is 5.79 Å². The summed E-state index contributed by atoms with van der Waals surface area (Å²) in [5.74, 6) is -3.27. The fourth-order valence-corrected chi connectivity index (χ4v) is 5.86. The molecular formula is C19H24BrNO10S. The highest BCUT2D eigenvalue weighted by atomic mass is 79.9. The smallest absolute Gasteiger partial charge is 0.332 e. The molecule has 5 unspecified atom stereocenters. The summed E-state index contributed by atoms with van der Waals surface area (Å²) in [5, 5.41) is 46.9. The molecule has 2 aliphatic rings. The summed E-state index contributed by atoms with van der Waals surface area (Å²) in [6.07, 6.45) is -4.85. The van der Waals surface area contributed by atoms with Crippen LogP contribution in [-0.2, 0) is 24.3 Å². The van der Waals surface area contributed by atoms with Crippen LogP contribution >= 0.6 is 15.9 Å². The number of sulfonamides is 1. The van der Waals surface area contributed by atoms with Crippen molar-refractivity contribution in [3.63, 3.8) is 0 Å². The molecule has 0 saturated carbocycles. The Labute approximate surface area is 192 Å². The molecule has 6 N–H and O–H groups in total. The Morgan fingerprint density at radius 1 is 1.16 bits per heavy atom. The number of aliphatic carboxylic acids is 1. The Balaban J connectivity index is 1.94.